The molecular weight excluding hydrogens is 306 g/mol. The van der Waals surface area contributed by atoms with E-state index in [1.54, 1.807) is 7.11 Å². The van der Waals surface area contributed by atoms with E-state index in [1.807, 2.05) is 6.07 Å². The molecule has 3 fully saturated rings. The monoisotopic (exact) mass is 331 g/mol. The van der Waals surface area contributed by atoms with Crippen molar-refractivity contribution in [1.82, 2.24) is 14.9 Å². The number of nitrogen functional groups attached to an aromatic ring is 1. The molecule has 2 aliphatic heterocycles. The summed E-state index contributed by atoms with van der Waals surface area (Å²) in [6.07, 6.45) is 6.29. The summed E-state index contributed by atoms with van der Waals surface area (Å²) >= 11 is 0. The molecule has 1 spiro atoms. The third kappa shape index (κ3) is 2.87. The predicted octanol–water partition coefficient (Wildman–Crippen LogP) is 1.44. The Kier molecular flexibility index (Phi) is 3.73. The number of hydrogen-bond donors (Lipinski definition) is 1. The molecule has 0 radical (unpaired) electrons. The van der Waals surface area contributed by atoms with Crippen molar-refractivity contribution in [3.8, 4) is 5.88 Å². The van der Waals surface area contributed by atoms with Crippen LogP contribution in [0.5, 0.6) is 5.88 Å². The van der Waals surface area contributed by atoms with Crippen molar-refractivity contribution in [3.63, 3.8) is 0 Å². The summed E-state index contributed by atoms with van der Waals surface area (Å²) in [5.74, 6) is 1.90. The third-order valence-electron chi connectivity index (χ3n) is 5.58. The number of likely N-dealkylation sites (tertiary alicyclic amines) is 1. The zero-order valence-electron chi connectivity index (χ0n) is 14.2. The van der Waals surface area contributed by atoms with E-state index >= 15 is 0 Å². The highest BCUT2D eigenvalue weighted by molar-refractivity contribution is 5.78. The van der Waals surface area contributed by atoms with Crippen molar-refractivity contribution in [3.05, 3.63) is 6.07 Å². The number of carbonyl (C=O) groups excluding carboxylic acids is 1. The summed E-state index contributed by atoms with van der Waals surface area (Å²) in [7, 11) is 1.59. The second-order valence-electron chi connectivity index (χ2n) is 7.40. The van der Waals surface area contributed by atoms with E-state index in [9.17, 15) is 4.79 Å². The zero-order chi connectivity index (χ0) is 16.7. The van der Waals surface area contributed by atoms with Crippen molar-refractivity contribution in [2.75, 3.05) is 37.4 Å². The van der Waals surface area contributed by atoms with E-state index in [-0.39, 0.29) is 11.4 Å². The molecule has 1 saturated carbocycles. The van der Waals surface area contributed by atoms with Crippen LogP contribution in [0.25, 0.3) is 0 Å². The molecule has 1 aromatic heterocycles. The van der Waals surface area contributed by atoms with Gasteiger partial charge in [-0.1, -0.05) is 0 Å². The Labute approximate surface area is 142 Å². The highest BCUT2D eigenvalue weighted by Gasteiger charge is 2.45. The lowest BCUT2D eigenvalue weighted by molar-refractivity contribution is -0.138. The van der Waals surface area contributed by atoms with Crippen molar-refractivity contribution in [1.29, 1.82) is 0 Å². The van der Waals surface area contributed by atoms with Crippen LogP contribution in [0.4, 0.5) is 11.8 Å². The largest absolute Gasteiger partial charge is 0.481 e. The molecule has 7 heteroatoms. The van der Waals surface area contributed by atoms with Gasteiger partial charge in [0.1, 0.15) is 5.82 Å². The maximum Gasteiger partial charge on any atom is 0.225 e. The smallest absolute Gasteiger partial charge is 0.225 e. The number of nitrogens with zero attached hydrogens (tertiary/aromatic N) is 4. The number of aromatic nitrogens is 2. The fourth-order valence-electron chi connectivity index (χ4n) is 4.20. The third-order valence-corrected chi connectivity index (χ3v) is 5.58. The second kappa shape index (κ2) is 5.79. The summed E-state index contributed by atoms with van der Waals surface area (Å²) in [6, 6.07) is 2.35. The molecule has 0 aromatic carbocycles. The van der Waals surface area contributed by atoms with Crippen LogP contribution in [-0.2, 0) is 4.79 Å². The van der Waals surface area contributed by atoms with Gasteiger partial charge in [-0.25, -0.2) is 0 Å². The number of amides is 1. The number of carbonyl (C=O) groups is 1. The average Bonchev–Trinajstić information content (AvgIpc) is 3.42. The highest BCUT2D eigenvalue weighted by atomic mass is 16.5. The first kappa shape index (κ1) is 15.5. The molecule has 1 aliphatic carbocycles. The molecule has 0 bridgehead atoms. The van der Waals surface area contributed by atoms with Crippen LogP contribution in [0.1, 0.15) is 38.5 Å². The summed E-state index contributed by atoms with van der Waals surface area (Å²) in [5.41, 5.74) is 6.00. The first-order valence-corrected chi connectivity index (χ1v) is 8.82. The van der Waals surface area contributed by atoms with Crippen molar-refractivity contribution < 1.29 is 9.53 Å². The molecule has 24 heavy (non-hydrogen) atoms. The standard InChI is InChI=1S/C17H25N5O2/c1-24-14-9-13(19-16(18)20-14)21-8-2-6-17(10-21)7-5-15(23)22(11-17)12-3-4-12/h9,12H,2-8,10-11H2,1H3,(H2,18,19,20)/t17-/m0/s1. The summed E-state index contributed by atoms with van der Waals surface area (Å²) in [5, 5.41) is 0. The molecule has 3 heterocycles. The molecule has 1 atom stereocenters. The number of methoxy groups -OCH3 is 1. The number of hydrogen-bond acceptors (Lipinski definition) is 6. The first-order valence-electron chi connectivity index (χ1n) is 8.82. The van der Waals surface area contributed by atoms with Crippen molar-refractivity contribution in [2.24, 2.45) is 5.41 Å². The van der Waals surface area contributed by atoms with Gasteiger partial charge in [-0.15, -0.1) is 0 Å². The lowest BCUT2D eigenvalue weighted by Gasteiger charge is -2.48. The first-order chi connectivity index (χ1) is 11.6. The van der Waals surface area contributed by atoms with Crippen LogP contribution in [0.2, 0.25) is 0 Å². The normalized spacial score (nSPS) is 27.6. The fraction of sp³-hybridized carbons (Fsp3) is 0.706. The number of rotatable bonds is 3. The van der Waals surface area contributed by atoms with Crippen LogP contribution < -0.4 is 15.4 Å². The van der Waals surface area contributed by atoms with E-state index in [0.29, 0.717) is 24.2 Å². The lowest BCUT2D eigenvalue weighted by atomic mass is 9.73. The van der Waals surface area contributed by atoms with E-state index in [0.717, 1.165) is 38.3 Å². The van der Waals surface area contributed by atoms with Gasteiger partial charge >= 0.3 is 0 Å². The Morgan fingerprint density at radius 1 is 1.29 bits per heavy atom. The van der Waals surface area contributed by atoms with Crippen molar-refractivity contribution >= 4 is 17.7 Å². The van der Waals surface area contributed by atoms with E-state index in [2.05, 4.69) is 19.8 Å². The lowest BCUT2D eigenvalue weighted by Crippen LogP contribution is -2.54. The molecular formula is C17H25N5O2. The molecule has 3 aliphatic rings. The van der Waals surface area contributed by atoms with Gasteiger partial charge in [-0.3, -0.25) is 4.79 Å². The topological polar surface area (TPSA) is 84.6 Å². The predicted molar refractivity (Wildman–Crippen MR) is 90.8 cm³/mol. The molecule has 2 N–H and O–H groups in total. The Balaban J connectivity index is 1.55. The molecule has 2 saturated heterocycles. The van der Waals surface area contributed by atoms with E-state index in [4.69, 9.17) is 10.5 Å². The molecule has 130 valence electrons. The fourth-order valence-corrected chi connectivity index (χ4v) is 4.20. The van der Waals surface area contributed by atoms with Crippen LogP contribution in [0.15, 0.2) is 6.07 Å². The molecule has 1 aromatic rings. The van der Waals surface area contributed by atoms with E-state index in [1.165, 1.54) is 19.3 Å². The minimum absolute atomic E-state index is 0.182. The zero-order valence-corrected chi connectivity index (χ0v) is 14.2. The van der Waals surface area contributed by atoms with Gasteiger partial charge in [0, 0.05) is 43.6 Å². The molecule has 1 amide bonds. The molecule has 4 rings (SSSR count). The maximum atomic E-state index is 12.2. The van der Waals surface area contributed by atoms with Gasteiger partial charge < -0.3 is 20.3 Å². The van der Waals surface area contributed by atoms with Gasteiger partial charge in [0.2, 0.25) is 17.7 Å². The van der Waals surface area contributed by atoms with Crippen LogP contribution >= 0.6 is 0 Å². The second-order valence-corrected chi connectivity index (χ2v) is 7.40. The number of nitrogens with two attached hydrogens (primary N) is 1. The minimum atomic E-state index is 0.182. The van der Waals surface area contributed by atoms with Crippen LogP contribution in [0.3, 0.4) is 0 Å². The van der Waals surface area contributed by atoms with Gasteiger partial charge in [0.15, 0.2) is 0 Å². The van der Waals surface area contributed by atoms with Gasteiger partial charge in [-0.2, -0.15) is 9.97 Å². The quantitative estimate of drug-likeness (QED) is 0.902. The summed E-state index contributed by atoms with van der Waals surface area (Å²) < 4.78 is 5.22. The number of piperidine rings is 2. The van der Waals surface area contributed by atoms with Gasteiger partial charge in [0.05, 0.1) is 7.11 Å². The maximum absolute atomic E-state index is 12.2. The highest BCUT2D eigenvalue weighted by Crippen LogP contribution is 2.43. The summed E-state index contributed by atoms with van der Waals surface area (Å²) in [4.78, 5) is 25.1. The Bertz CT molecular complexity index is 648. The Morgan fingerprint density at radius 2 is 2.12 bits per heavy atom. The number of anilines is 2. The van der Waals surface area contributed by atoms with Gasteiger partial charge in [-0.05, 0) is 32.1 Å². The van der Waals surface area contributed by atoms with Crippen LogP contribution in [-0.4, -0.2) is 53.6 Å². The van der Waals surface area contributed by atoms with Crippen LogP contribution in [0, 0.1) is 5.41 Å². The summed E-state index contributed by atoms with van der Waals surface area (Å²) in [6.45, 7) is 2.77. The molecule has 7 nitrogen and oxygen atoms in total. The number of ether oxygens (including phenoxy) is 1. The van der Waals surface area contributed by atoms with E-state index < -0.39 is 0 Å². The molecule has 0 unspecified atom stereocenters. The minimum Gasteiger partial charge on any atom is -0.481 e. The Morgan fingerprint density at radius 3 is 2.88 bits per heavy atom. The Hall–Kier alpha value is -2.05. The average molecular weight is 331 g/mol. The SMILES string of the molecule is COc1cc(N2CCC[C@]3(CCC(=O)N(C4CC4)C3)C2)nc(N)n1. The van der Waals surface area contributed by atoms with Crippen molar-refractivity contribution in [2.45, 2.75) is 44.6 Å². The van der Waals surface area contributed by atoms with Gasteiger partial charge in [0.25, 0.3) is 0 Å².